The Kier molecular flexibility index (Phi) is 2.42. The number of hydrogen-bond acceptors (Lipinski definition) is 2. The highest BCUT2D eigenvalue weighted by Gasteiger charge is 2.17. The number of benzene rings is 3. The van der Waals surface area contributed by atoms with Gasteiger partial charge < -0.3 is 0 Å². The minimum absolute atomic E-state index is 1.03. The summed E-state index contributed by atoms with van der Waals surface area (Å²) in [6.07, 6.45) is 3.84. The van der Waals surface area contributed by atoms with Crippen molar-refractivity contribution in [1.29, 1.82) is 0 Å². The first-order valence-electron chi connectivity index (χ1n) is 7.66. The van der Waals surface area contributed by atoms with Crippen molar-refractivity contribution in [2.75, 3.05) is 0 Å². The van der Waals surface area contributed by atoms with Crippen molar-refractivity contribution < 1.29 is 4.57 Å². The second kappa shape index (κ2) is 4.46. The molecule has 0 aliphatic carbocycles. The van der Waals surface area contributed by atoms with E-state index in [-0.39, 0.29) is 0 Å². The Morgan fingerprint density at radius 2 is 1.70 bits per heavy atom. The fraction of sp³-hybridized carbons (Fsp3) is 0.0500. The molecule has 108 valence electrons. The van der Waals surface area contributed by atoms with Gasteiger partial charge in [-0.05, 0) is 29.2 Å². The average Bonchev–Trinajstić information content (AvgIpc) is 2.62. The number of nitrogens with zero attached hydrogens (tertiary/aromatic N) is 3. The predicted octanol–water partition coefficient (Wildman–Crippen LogP) is 3.87. The molecule has 0 unspecified atom stereocenters. The molecule has 2 heterocycles. The van der Waals surface area contributed by atoms with Crippen LogP contribution in [-0.2, 0) is 7.05 Å². The van der Waals surface area contributed by atoms with Crippen molar-refractivity contribution in [3.63, 3.8) is 0 Å². The Bertz CT molecular complexity index is 1160. The van der Waals surface area contributed by atoms with Gasteiger partial charge in [-0.2, -0.15) is 0 Å². The molecule has 0 amide bonds. The van der Waals surface area contributed by atoms with Crippen LogP contribution in [0.2, 0.25) is 0 Å². The van der Waals surface area contributed by atoms with E-state index in [4.69, 9.17) is 4.98 Å². The zero-order valence-electron chi connectivity index (χ0n) is 12.7. The van der Waals surface area contributed by atoms with Crippen LogP contribution in [0.1, 0.15) is 0 Å². The third-order valence-electron chi connectivity index (χ3n) is 4.53. The van der Waals surface area contributed by atoms with Gasteiger partial charge in [0.15, 0.2) is 5.52 Å². The molecule has 0 radical (unpaired) electrons. The molecule has 0 saturated heterocycles. The van der Waals surface area contributed by atoms with E-state index in [1.165, 1.54) is 21.7 Å². The number of pyridine rings is 1. The first-order chi connectivity index (χ1) is 11.3. The fourth-order valence-corrected chi connectivity index (χ4v) is 3.43. The molecule has 0 atom stereocenters. The molecular weight excluding hydrogens is 282 g/mol. The van der Waals surface area contributed by atoms with Gasteiger partial charge in [-0.1, -0.05) is 30.3 Å². The lowest BCUT2D eigenvalue weighted by Gasteiger charge is -2.11. The maximum atomic E-state index is 4.73. The minimum atomic E-state index is 1.03. The summed E-state index contributed by atoms with van der Waals surface area (Å²) in [4.78, 5) is 9.31. The molecule has 0 bridgehead atoms. The van der Waals surface area contributed by atoms with Gasteiger partial charge in [-0.25, -0.2) is 4.57 Å². The SMILES string of the molecule is C[n+]1cnc2ccc3c(-c4ccccc4)ncc4ccc1c2c43. The van der Waals surface area contributed by atoms with E-state index in [0.717, 1.165) is 22.2 Å². The van der Waals surface area contributed by atoms with Crippen LogP contribution in [0.5, 0.6) is 0 Å². The molecule has 2 aromatic heterocycles. The van der Waals surface area contributed by atoms with Crippen LogP contribution in [0.3, 0.4) is 0 Å². The first-order valence-corrected chi connectivity index (χ1v) is 7.66. The van der Waals surface area contributed by atoms with E-state index in [2.05, 4.69) is 58.1 Å². The molecule has 3 nitrogen and oxygen atoms in total. The molecule has 3 aromatic carbocycles. The van der Waals surface area contributed by atoms with E-state index < -0.39 is 0 Å². The van der Waals surface area contributed by atoms with E-state index >= 15 is 0 Å². The molecule has 3 heteroatoms. The average molecular weight is 296 g/mol. The smallest absolute Gasteiger partial charge is 0.255 e. The second-order valence-electron chi connectivity index (χ2n) is 5.88. The number of rotatable bonds is 1. The van der Waals surface area contributed by atoms with Gasteiger partial charge in [0.2, 0.25) is 0 Å². The van der Waals surface area contributed by atoms with Crippen molar-refractivity contribution in [1.82, 2.24) is 9.97 Å². The van der Waals surface area contributed by atoms with Gasteiger partial charge in [-0.15, -0.1) is 0 Å². The summed E-state index contributed by atoms with van der Waals surface area (Å²) in [7, 11) is 2.04. The molecule has 5 rings (SSSR count). The summed E-state index contributed by atoms with van der Waals surface area (Å²) in [6, 6.07) is 18.9. The minimum Gasteiger partial charge on any atom is -0.255 e. The zero-order chi connectivity index (χ0) is 15.4. The number of hydrogen-bond donors (Lipinski definition) is 0. The largest absolute Gasteiger partial charge is 0.287 e. The molecule has 0 N–H and O–H groups in total. The Labute approximate surface area is 133 Å². The Hall–Kier alpha value is -3.07. The van der Waals surface area contributed by atoms with E-state index in [1.54, 1.807) is 0 Å². The molecule has 0 aliphatic heterocycles. The van der Waals surface area contributed by atoms with Gasteiger partial charge >= 0.3 is 0 Å². The summed E-state index contributed by atoms with van der Waals surface area (Å²) in [5, 5.41) is 4.80. The number of aryl methyl sites for hydroxylation is 1. The van der Waals surface area contributed by atoms with Gasteiger partial charge in [0.05, 0.1) is 18.1 Å². The highest BCUT2D eigenvalue weighted by molar-refractivity contribution is 6.22. The molecule has 0 aliphatic rings. The van der Waals surface area contributed by atoms with Crippen LogP contribution < -0.4 is 4.57 Å². The molecule has 5 aromatic rings. The van der Waals surface area contributed by atoms with Crippen LogP contribution in [0.25, 0.3) is 43.8 Å². The zero-order valence-corrected chi connectivity index (χ0v) is 12.7. The topological polar surface area (TPSA) is 29.7 Å². The highest BCUT2D eigenvalue weighted by atomic mass is 15.0. The first kappa shape index (κ1) is 12.5. The lowest BCUT2D eigenvalue weighted by atomic mass is 9.96. The summed E-state index contributed by atoms with van der Waals surface area (Å²) in [6.45, 7) is 0. The summed E-state index contributed by atoms with van der Waals surface area (Å²) in [5.41, 5.74) is 4.39. The van der Waals surface area contributed by atoms with Crippen LogP contribution in [0.4, 0.5) is 0 Å². The molecule has 0 saturated carbocycles. The Morgan fingerprint density at radius 3 is 2.57 bits per heavy atom. The van der Waals surface area contributed by atoms with Crippen molar-refractivity contribution in [2.45, 2.75) is 0 Å². The third-order valence-corrected chi connectivity index (χ3v) is 4.53. The molecule has 0 fully saturated rings. The van der Waals surface area contributed by atoms with E-state index in [0.29, 0.717) is 0 Å². The van der Waals surface area contributed by atoms with Crippen LogP contribution in [0.15, 0.2) is 67.1 Å². The van der Waals surface area contributed by atoms with Crippen LogP contribution >= 0.6 is 0 Å². The maximum absolute atomic E-state index is 4.73. The monoisotopic (exact) mass is 296 g/mol. The maximum Gasteiger partial charge on any atom is 0.287 e. The quantitative estimate of drug-likeness (QED) is 0.347. The summed E-state index contributed by atoms with van der Waals surface area (Å²) < 4.78 is 2.07. The van der Waals surface area contributed by atoms with Gasteiger partial charge in [0.25, 0.3) is 6.33 Å². The normalized spacial score (nSPS) is 11.7. The van der Waals surface area contributed by atoms with E-state index in [9.17, 15) is 0 Å². The highest BCUT2D eigenvalue weighted by Crippen LogP contribution is 2.36. The Balaban J connectivity index is 2.03. The predicted molar refractivity (Wildman–Crippen MR) is 92.3 cm³/mol. The fourth-order valence-electron chi connectivity index (χ4n) is 3.43. The molecule has 0 spiro atoms. The van der Waals surface area contributed by atoms with Crippen molar-refractivity contribution in [3.05, 3.63) is 67.1 Å². The van der Waals surface area contributed by atoms with Crippen LogP contribution in [-0.4, -0.2) is 9.97 Å². The lowest BCUT2D eigenvalue weighted by Crippen LogP contribution is -2.29. The van der Waals surface area contributed by atoms with Gasteiger partial charge in [0.1, 0.15) is 5.52 Å². The number of aromatic nitrogens is 3. The standard InChI is InChI=1S/C20H14N3/c1-23-12-22-16-9-8-15-18-14(7-10-17(23)19(16)18)11-21-20(15)13-5-3-2-4-6-13/h2-12H,1H3/q+1. The third kappa shape index (κ3) is 1.67. The second-order valence-corrected chi connectivity index (χ2v) is 5.88. The van der Waals surface area contributed by atoms with Crippen LogP contribution in [0, 0.1) is 0 Å². The van der Waals surface area contributed by atoms with Gasteiger partial charge in [-0.3, -0.25) is 4.98 Å². The van der Waals surface area contributed by atoms with Crippen molar-refractivity contribution in [2.24, 2.45) is 7.05 Å². The van der Waals surface area contributed by atoms with Gasteiger partial charge in [0, 0.05) is 27.9 Å². The summed E-state index contributed by atoms with van der Waals surface area (Å²) >= 11 is 0. The molecule has 23 heavy (non-hydrogen) atoms. The molecular formula is C20H14N3+. The van der Waals surface area contributed by atoms with Crippen molar-refractivity contribution in [3.8, 4) is 11.3 Å². The van der Waals surface area contributed by atoms with E-state index in [1.807, 2.05) is 25.6 Å². The summed E-state index contributed by atoms with van der Waals surface area (Å²) in [5.74, 6) is 0. The van der Waals surface area contributed by atoms with Crippen molar-refractivity contribution >= 4 is 32.6 Å². The Morgan fingerprint density at radius 1 is 0.826 bits per heavy atom. The lowest BCUT2D eigenvalue weighted by molar-refractivity contribution is -0.647.